The van der Waals surface area contributed by atoms with E-state index in [2.05, 4.69) is 29.3 Å². The van der Waals surface area contributed by atoms with Gasteiger partial charge in [0, 0.05) is 24.2 Å². The number of hydrogen-bond acceptors (Lipinski definition) is 4. The number of rotatable bonds is 5. The normalized spacial score (nSPS) is 15.5. The van der Waals surface area contributed by atoms with Gasteiger partial charge < -0.3 is 5.32 Å². The molecular weight excluding hydrogens is 309 g/mol. The zero-order chi connectivity index (χ0) is 17.1. The Hall–Kier alpha value is -2.37. The van der Waals surface area contributed by atoms with Crippen molar-refractivity contribution in [2.24, 2.45) is 5.92 Å². The van der Waals surface area contributed by atoms with Crippen LogP contribution in [-0.4, -0.2) is 27.4 Å². The largest absolute Gasteiger partial charge is 0.364 e. The van der Waals surface area contributed by atoms with E-state index < -0.39 is 0 Å². The maximum Gasteiger partial charge on any atom is 0.151 e. The summed E-state index contributed by atoms with van der Waals surface area (Å²) in [5.74, 6) is 1.77. The van der Waals surface area contributed by atoms with Gasteiger partial charge in [0.15, 0.2) is 5.65 Å². The molecule has 6 heteroatoms. The fourth-order valence-electron chi connectivity index (χ4n) is 3.72. The molecule has 3 aromatic rings. The first-order valence-corrected chi connectivity index (χ1v) is 9.27. The summed E-state index contributed by atoms with van der Waals surface area (Å²) in [5.41, 5.74) is 4.26. The Labute approximate surface area is 149 Å². The van der Waals surface area contributed by atoms with Crippen LogP contribution in [0.5, 0.6) is 0 Å². The Morgan fingerprint density at radius 3 is 2.84 bits per heavy atom. The Bertz CT molecular complexity index is 840. The van der Waals surface area contributed by atoms with Crippen LogP contribution in [0.15, 0.2) is 36.7 Å². The molecule has 0 saturated heterocycles. The molecule has 0 amide bonds. The number of anilines is 1. The van der Waals surface area contributed by atoms with E-state index in [1.807, 2.05) is 35.1 Å². The van der Waals surface area contributed by atoms with Gasteiger partial charge in [-0.2, -0.15) is 9.61 Å². The first-order valence-electron chi connectivity index (χ1n) is 9.27. The number of pyridine rings is 1. The SMILES string of the molecule is Bc1cnn2c(NCc3ccccn3)cc(CC3CCCCC3)nc12. The summed E-state index contributed by atoms with van der Waals surface area (Å²) in [4.78, 5) is 9.28. The van der Waals surface area contributed by atoms with Gasteiger partial charge in [-0.05, 0) is 29.9 Å². The minimum absolute atomic E-state index is 0.682. The summed E-state index contributed by atoms with van der Waals surface area (Å²) in [6.45, 7) is 0.682. The van der Waals surface area contributed by atoms with E-state index >= 15 is 0 Å². The molecule has 0 unspecified atom stereocenters. The average Bonchev–Trinajstić information content (AvgIpc) is 3.03. The Morgan fingerprint density at radius 1 is 1.16 bits per heavy atom. The maximum absolute atomic E-state index is 4.89. The van der Waals surface area contributed by atoms with Crippen molar-refractivity contribution in [1.29, 1.82) is 0 Å². The average molecular weight is 333 g/mol. The van der Waals surface area contributed by atoms with Gasteiger partial charge in [0.1, 0.15) is 13.7 Å². The predicted octanol–water partition coefficient (Wildman–Crippen LogP) is 2.12. The first-order chi connectivity index (χ1) is 12.3. The van der Waals surface area contributed by atoms with Crippen LogP contribution >= 0.6 is 0 Å². The zero-order valence-corrected chi connectivity index (χ0v) is 14.8. The summed E-state index contributed by atoms with van der Waals surface area (Å²) in [6, 6.07) is 8.14. The molecule has 1 aliphatic rings. The number of fused-ring (bicyclic) bond motifs is 1. The molecule has 1 fully saturated rings. The standard InChI is InChI=1S/C19H24BN5/c20-17-13-23-25-18(22-12-15-8-4-5-9-21-15)11-16(24-19(17)25)10-14-6-2-1-3-7-14/h4-5,8-9,11,13-14,22H,1-3,6-7,10,12,20H2. The van der Waals surface area contributed by atoms with Gasteiger partial charge in [-0.1, -0.05) is 38.2 Å². The van der Waals surface area contributed by atoms with E-state index in [0.717, 1.165) is 35.0 Å². The third kappa shape index (κ3) is 3.68. The highest BCUT2D eigenvalue weighted by molar-refractivity contribution is 6.36. The molecule has 1 saturated carbocycles. The van der Waals surface area contributed by atoms with Crippen molar-refractivity contribution < 1.29 is 0 Å². The minimum Gasteiger partial charge on any atom is -0.364 e. The first kappa shape index (κ1) is 16.1. The number of aromatic nitrogens is 4. The molecule has 0 bridgehead atoms. The van der Waals surface area contributed by atoms with Crippen molar-refractivity contribution in [2.45, 2.75) is 45.1 Å². The van der Waals surface area contributed by atoms with E-state index in [4.69, 9.17) is 4.98 Å². The van der Waals surface area contributed by atoms with Crippen molar-refractivity contribution in [3.8, 4) is 0 Å². The molecule has 4 rings (SSSR count). The third-order valence-electron chi connectivity index (χ3n) is 5.10. The molecule has 0 atom stereocenters. The number of nitrogens with zero attached hydrogens (tertiary/aromatic N) is 4. The van der Waals surface area contributed by atoms with Crippen molar-refractivity contribution in [3.05, 3.63) is 48.0 Å². The summed E-state index contributed by atoms with van der Waals surface area (Å²) in [7, 11) is 2.07. The predicted molar refractivity (Wildman–Crippen MR) is 103 cm³/mol. The fourth-order valence-corrected chi connectivity index (χ4v) is 3.72. The fraction of sp³-hybridized carbons (Fsp3) is 0.421. The van der Waals surface area contributed by atoms with Crippen LogP contribution in [0, 0.1) is 5.92 Å². The molecular formula is C19H24BN5. The van der Waals surface area contributed by atoms with E-state index in [-0.39, 0.29) is 0 Å². The Balaban J connectivity index is 1.59. The van der Waals surface area contributed by atoms with Gasteiger partial charge >= 0.3 is 0 Å². The van der Waals surface area contributed by atoms with E-state index in [0.29, 0.717) is 6.54 Å². The lowest BCUT2D eigenvalue weighted by Gasteiger charge is -2.21. The van der Waals surface area contributed by atoms with Crippen LogP contribution in [0.1, 0.15) is 43.5 Å². The number of hydrogen-bond donors (Lipinski definition) is 1. The second-order valence-electron chi connectivity index (χ2n) is 7.08. The smallest absolute Gasteiger partial charge is 0.151 e. The van der Waals surface area contributed by atoms with Crippen LogP contribution in [0.4, 0.5) is 5.82 Å². The number of nitrogens with one attached hydrogen (secondary N) is 1. The molecule has 1 aliphatic carbocycles. The molecule has 0 aliphatic heterocycles. The quantitative estimate of drug-likeness (QED) is 0.727. The maximum atomic E-state index is 4.89. The van der Waals surface area contributed by atoms with Gasteiger partial charge in [0.05, 0.1) is 12.2 Å². The lowest BCUT2D eigenvalue weighted by Crippen LogP contribution is -2.14. The van der Waals surface area contributed by atoms with Gasteiger partial charge in [0.25, 0.3) is 0 Å². The summed E-state index contributed by atoms with van der Waals surface area (Å²) >= 11 is 0. The van der Waals surface area contributed by atoms with Crippen LogP contribution in [0.3, 0.4) is 0 Å². The molecule has 3 heterocycles. The summed E-state index contributed by atoms with van der Waals surface area (Å²) in [6.07, 6.45) is 11.6. The lowest BCUT2D eigenvalue weighted by molar-refractivity contribution is 0.354. The topological polar surface area (TPSA) is 55.1 Å². The molecule has 3 aromatic heterocycles. The van der Waals surface area contributed by atoms with Gasteiger partial charge in [-0.15, -0.1) is 0 Å². The van der Waals surface area contributed by atoms with Crippen LogP contribution in [0.2, 0.25) is 0 Å². The van der Waals surface area contributed by atoms with E-state index in [9.17, 15) is 0 Å². The Kier molecular flexibility index (Phi) is 4.68. The molecule has 1 N–H and O–H groups in total. The van der Waals surface area contributed by atoms with E-state index in [1.165, 1.54) is 37.8 Å². The van der Waals surface area contributed by atoms with Crippen LogP contribution in [0.25, 0.3) is 5.65 Å². The molecule has 0 spiro atoms. The minimum atomic E-state index is 0.682. The van der Waals surface area contributed by atoms with Crippen LogP contribution in [-0.2, 0) is 13.0 Å². The second kappa shape index (κ2) is 7.25. The van der Waals surface area contributed by atoms with Gasteiger partial charge in [-0.25, -0.2) is 4.98 Å². The molecule has 0 aromatic carbocycles. The highest BCUT2D eigenvalue weighted by atomic mass is 15.3. The second-order valence-corrected chi connectivity index (χ2v) is 7.08. The van der Waals surface area contributed by atoms with Crippen molar-refractivity contribution >= 4 is 24.8 Å². The summed E-state index contributed by atoms with van der Waals surface area (Å²) < 4.78 is 1.91. The van der Waals surface area contributed by atoms with Crippen molar-refractivity contribution in [2.75, 3.05) is 5.32 Å². The molecule has 128 valence electrons. The van der Waals surface area contributed by atoms with Crippen molar-refractivity contribution in [1.82, 2.24) is 19.6 Å². The highest BCUT2D eigenvalue weighted by Gasteiger charge is 2.16. The lowest BCUT2D eigenvalue weighted by atomic mass is 9.86. The van der Waals surface area contributed by atoms with Gasteiger partial charge in [-0.3, -0.25) is 4.98 Å². The summed E-state index contributed by atoms with van der Waals surface area (Å²) in [5, 5.41) is 7.98. The molecule has 0 radical (unpaired) electrons. The van der Waals surface area contributed by atoms with E-state index in [1.54, 1.807) is 0 Å². The molecule has 25 heavy (non-hydrogen) atoms. The van der Waals surface area contributed by atoms with Crippen molar-refractivity contribution in [3.63, 3.8) is 0 Å². The monoisotopic (exact) mass is 333 g/mol. The molecule has 5 nitrogen and oxygen atoms in total. The Morgan fingerprint density at radius 2 is 2.04 bits per heavy atom. The van der Waals surface area contributed by atoms with Crippen LogP contribution < -0.4 is 10.8 Å². The zero-order valence-electron chi connectivity index (χ0n) is 14.8. The third-order valence-corrected chi connectivity index (χ3v) is 5.10. The highest BCUT2D eigenvalue weighted by Crippen LogP contribution is 2.27. The van der Waals surface area contributed by atoms with Gasteiger partial charge in [0.2, 0.25) is 0 Å².